The van der Waals surface area contributed by atoms with Crippen molar-refractivity contribution in [2.75, 3.05) is 26.4 Å². The molecule has 0 saturated carbocycles. The van der Waals surface area contributed by atoms with Crippen molar-refractivity contribution in [3.05, 3.63) is 134 Å². The molecule has 0 spiro atoms. The monoisotopic (exact) mass is 1050 g/mol. The molecule has 0 bridgehead atoms. The van der Waals surface area contributed by atoms with E-state index in [0.29, 0.717) is 19.3 Å². The molecule has 0 aromatic carbocycles. The molecule has 0 aromatic rings. The number of hydrogen-bond donors (Lipinski definition) is 2. The number of unbranched alkanes of at least 4 members (excludes halogenated alkanes) is 11. The number of ether oxygens (including phenoxy) is 3. The quantitative estimate of drug-likeness (QED) is 0.0197. The van der Waals surface area contributed by atoms with E-state index in [1.54, 1.807) is 0 Å². The van der Waals surface area contributed by atoms with E-state index in [9.17, 15) is 28.9 Å². The summed E-state index contributed by atoms with van der Waals surface area (Å²) >= 11 is 0. The molecule has 74 heavy (non-hydrogen) atoms. The Morgan fingerprint density at radius 3 is 1.18 bits per heavy atom. The SMILES string of the molecule is CC/C=C\C/C=C\C/C=C\C/C=C\C/C=C\C/C=C\CCC(=O)OCC(COP(=O)(O)OCC(CO)OC(=O)CCCCCCC/C=C\CCCCCC)OC(=O)CCCC/C=C\C/C=C\C/C=C\C/C=C\CC. The average molecular weight is 1050 g/mol. The lowest BCUT2D eigenvalue weighted by molar-refractivity contribution is -0.161. The Balaban J connectivity index is 4.92. The minimum absolute atomic E-state index is 0.0844. The van der Waals surface area contributed by atoms with E-state index in [1.165, 1.54) is 25.7 Å². The highest BCUT2D eigenvalue weighted by molar-refractivity contribution is 7.47. The molecule has 0 aliphatic carbocycles. The molecule has 0 rings (SSSR count). The number of allylic oxidation sites excluding steroid dienone is 22. The number of hydrogen-bond acceptors (Lipinski definition) is 10. The van der Waals surface area contributed by atoms with Crippen LogP contribution in [0.15, 0.2) is 134 Å². The highest BCUT2D eigenvalue weighted by Gasteiger charge is 2.28. The second kappa shape index (κ2) is 54.9. The first-order chi connectivity index (χ1) is 36.2. The van der Waals surface area contributed by atoms with Crippen molar-refractivity contribution in [3.63, 3.8) is 0 Å². The predicted molar refractivity (Wildman–Crippen MR) is 306 cm³/mol. The molecule has 418 valence electrons. The summed E-state index contributed by atoms with van der Waals surface area (Å²) in [5.41, 5.74) is 0. The Kier molecular flexibility index (Phi) is 51.6. The van der Waals surface area contributed by atoms with E-state index in [1.807, 2.05) is 12.2 Å². The number of phosphoric ester groups is 1. The van der Waals surface area contributed by atoms with Gasteiger partial charge in [0.05, 0.1) is 19.8 Å². The second-order valence-corrected chi connectivity index (χ2v) is 19.4. The van der Waals surface area contributed by atoms with Crippen LogP contribution in [0.4, 0.5) is 0 Å². The molecule has 0 aliphatic rings. The van der Waals surface area contributed by atoms with Crippen LogP contribution in [0.1, 0.15) is 201 Å². The third-order valence-corrected chi connectivity index (χ3v) is 12.0. The van der Waals surface area contributed by atoms with Crippen molar-refractivity contribution < 1.29 is 52.2 Å². The van der Waals surface area contributed by atoms with Gasteiger partial charge in [-0.15, -0.1) is 0 Å². The van der Waals surface area contributed by atoms with Crippen LogP contribution in [-0.4, -0.2) is 66.5 Å². The van der Waals surface area contributed by atoms with Gasteiger partial charge in [0.15, 0.2) is 6.10 Å². The standard InChI is InChI=1S/C62H99O11P/c1-4-7-10-13-16-19-22-25-27-28-29-30-32-34-36-39-42-45-48-51-60(64)69-55-59(73-62(66)53-50-47-44-41-38-35-31-26-23-20-17-14-11-8-5-2)57-71-74(67,68)70-56-58(54-63)72-61(65)52-49-46-43-40-37-33-24-21-18-15-12-9-6-3/h7-8,10-11,16-17,19-21,24-27,29-31,34,36,38,41-42,45,58-59,63H,4-6,9,12-15,18,22-23,28,32-33,35,37,39-40,43-44,46-57H2,1-3H3,(H,67,68)/b10-7-,11-8-,19-16-,20-17-,24-21-,27-25-,30-29-,31-26-,36-34-,41-38-,45-42-. The van der Waals surface area contributed by atoms with Crippen molar-refractivity contribution in [2.45, 2.75) is 213 Å². The van der Waals surface area contributed by atoms with Crippen LogP contribution in [0.25, 0.3) is 0 Å². The molecule has 0 amide bonds. The van der Waals surface area contributed by atoms with Crippen LogP contribution in [0.3, 0.4) is 0 Å². The predicted octanol–water partition coefficient (Wildman–Crippen LogP) is 16.6. The third-order valence-electron chi connectivity index (χ3n) is 11.1. The highest BCUT2D eigenvalue weighted by atomic mass is 31.2. The summed E-state index contributed by atoms with van der Waals surface area (Å²) < 4.78 is 39.3. The van der Waals surface area contributed by atoms with Crippen molar-refractivity contribution in [1.82, 2.24) is 0 Å². The number of carbonyl (C=O) groups excluding carboxylic acids is 3. The first kappa shape index (κ1) is 69.6. The Hall–Kier alpha value is -4.38. The molecular weight excluding hydrogens is 952 g/mol. The number of aliphatic hydroxyl groups excluding tert-OH is 1. The fourth-order valence-electron chi connectivity index (χ4n) is 6.84. The Labute approximate surface area is 449 Å². The van der Waals surface area contributed by atoms with Gasteiger partial charge in [0.2, 0.25) is 0 Å². The van der Waals surface area contributed by atoms with Gasteiger partial charge >= 0.3 is 25.7 Å². The van der Waals surface area contributed by atoms with Gasteiger partial charge in [-0.05, 0) is 122 Å². The summed E-state index contributed by atoms with van der Waals surface area (Å²) in [7, 11) is -4.78. The number of rotatable bonds is 50. The van der Waals surface area contributed by atoms with E-state index in [0.717, 1.165) is 116 Å². The lowest BCUT2D eigenvalue weighted by Crippen LogP contribution is -2.30. The maximum absolute atomic E-state index is 12.9. The molecule has 0 radical (unpaired) electrons. The Morgan fingerprint density at radius 2 is 0.730 bits per heavy atom. The molecule has 11 nitrogen and oxygen atoms in total. The minimum Gasteiger partial charge on any atom is -0.462 e. The normalized spacial score (nSPS) is 14.4. The summed E-state index contributed by atoms with van der Waals surface area (Å²) in [6, 6.07) is 0. The number of carbonyl (C=O) groups is 3. The summed E-state index contributed by atoms with van der Waals surface area (Å²) in [6.07, 6.45) is 68.6. The van der Waals surface area contributed by atoms with E-state index >= 15 is 0 Å². The van der Waals surface area contributed by atoms with Gasteiger partial charge < -0.3 is 24.2 Å². The van der Waals surface area contributed by atoms with Gasteiger partial charge in [-0.25, -0.2) is 4.57 Å². The van der Waals surface area contributed by atoms with Crippen molar-refractivity contribution >= 4 is 25.7 Å². The average Bonchev–Trinajstić information content (AvgIpc) is 3.39. The van der Waals surface area contributed by atoms with E-state index < -0.39 is 64.4 Å². The zero-order valence-electron chi connectivity index (χ0n) is 46.0. The van der Waals surface area contributed by atoms with Gasteiger partial charge in [-0.2, -0.15) is 0 Å². The van der Waals surface area contributed by atoms with Gasteiger partial charge in [0.1, 0.15) is 12.7 Å². The van der Waals surface area contributed by atoms with Crippen LogP contribution >= 0.6 is 7.82 Å². The molecule has 3 atom stereocenters. The fourth-order valence-corrected chi connectivity index (χ4v) is 7.62. The van der Waals surface area contributed by atoms with Gasteiger partial charge in [0.25, 0.3) is 0 Å². The van der Waals surface area contributed by atoms with Crippen LogP contribution in [-0.2, 0) is 42.2 Å². The molecular formula is C62H99O11P. The summed E-state index contributed by atoms with van der Waals surface area (Å²) in [5, 5.41) is 9.80. The van der Waals surface area contributed by atoms with Crippen LogP contribution in [0.2, 0.25) is 0 Å². The van der Waals surface area contributed by atoms with Crippen LogP contribution in [0.5, 0.6) is 0 Å². The van der Waals surface area contributed by atoms with E-state index in [4.69, 9.17) is 23.3 Å². The first-order valence-electron chi connectivity index (χ1n) is 28.1. The van der Waals surface area contributed by atoms with Crippen molar-refractivity contribution in [3.8, 4) is 0 Å². The zero-order valence-corrected chi connectivity index (χ0v) is 46.9. The van der Waals surface area contributed by atoms with Crippen molar-refractivity contribution in [1.29, 1.82) is 0 Å². The number of phosphoric acid groups is 1. The smallest absolute Gasteiger partial charge is 0.462 e. The molecule has 0 aromatic heterocycles. The topological polar surface area (TPSA) is 155 Å². The molecule has 0 heterocycles. The fraction of sp³-hybridized carbons (Fsp3) is 0.597. The van der Waals surface area contributed by atoms with Gasteiger partial charge in [-0.1, -0.05) is 193 Å². The Bertz CT molecular complexity index is 1750. The molecule has 2 N–H and O–H groups in total. The molecule has 0 aliphatic heterocycles. The lowest BCUT2D eigenvalue weighted by atomic mass is 10.1. The Morgan fingerprint density at radius 1 is 0.392 bits per heavy atom. The summed E-state index contributed by atoms with van der Waals surface area (Å²) in [6.45, 7) is 4.23. The maximum atomic E-state index is 12.9. The van der Waals surface area contributed by atoms with Gasteiger partial charge in [0, 0.05) is 19.3 Å². The maximum Gasteiger partial charge on any atom is 0.472 e. The number of esters is 3. The van der Waals surface area contributed by atoms with Crippen LogP contribution < -0.4 is 0 Å². The largest absolute Gasteiger partial charge is 0.472 e. The lowest BCUT2D eigenvalue weighted by Gasteiger charge is -2.21. The molecule has 0 fully saturated rings. The first-order valence-corrected chi connectivity index (χ1v) is 29.6. The van der Waals surface area contributed by atoms with Crippen molar-refractivity contribution in [2.24, 2.45) is 0 Å². The minimum atomic E-state index is -4.78. The molecule has 12 heteroatoms. The zero-order chi connectivity index (χ0) is 54.1. The van der Waals surface area contributed by atoms with Gasteiger partial charge in [-0.3, -0.25) is 23.4 Å². The number of aliphatic hydroxyl groups is 1. The van der Waals surface area contributed by atoms with E-state index in [-0.39, 0.29) is 19.3 Å². The third kappa shape index (κ3) is 52.5. The highest BCUT2D eigenvalue weighted by Crippen LogP contribution is 2.43. The molecule has 0 saturated heterocycles. The van der Waals surface area contributed by atoms with Crippen LogP contribution in [0, 0.1) is 0 Å². The second-order valence-electron chi connectivity index (χ2n) is 18.0. The molecule has 3 unspecified atom stereocenters. The summed E-state index contributed by atoms with van der Waals surface area (Å²) in [5.74, 6) is -1.64. The summed E-state index contributed by atoms with van der Waals surface area (Å²) in [4.78, 5) is 48.4. The van der Waals surface area contributed by atoms with E-state index in [2.05, 4.69) is 142 Å².